The Bertz CT molecular complexity index is 674. The molecule has 0 aliphatic heterocycles. The summed E-state index contributed by atoms with van der Waals surface area (Å²) in [5.74, 6) is 0. The molecular formula is C14H9Cl3N2O2. The molecule has 0 saturated carbocycles. The van der Waals surface area contributed by atoms with Gasteiger partial charge in [-0.05, 0) is 42.5 Å². The Morgan fingerprint density at radius 3 is 2.19 bits per heavy atom. The fraction of sp³-hybridized carbons (Fsp3) is 0. The van der Waals surface area contributed by atoms with Gasteiger partial charge in [-0.15, -0.1) is 0 Å². The van der Waals surface area contributed by atoms with Crippen molar-refractivity contribution in [3.63, 3.8) is 0 Å². The SMILES string of the molecule is O=CN(C(=O)Nc1ccc(Cl)cc1)c1ccc(Cl)cc1Cl. The highest BCUT2D eigenvalue weighted by Crippen LogP contribution is 2.28. The van der Waals surface area contributed by atoms with Gasteiger partial charge in [-0.2, -0.15) is 0 Å². The van der Waals surface area contributed by atoms with Crippen molar-refractivity contribution < 1.29 is 9.59 Å². The molecule has 2 rings (SSSR count). The summed E-state index contributed by atoms with van der Waals surface area (Å²) in [6.07, 6.45) is 0.375. The normalized spacial score (nSPS) is 10.0. The first-order valence-corrected chi connectivity index (χ1v) is 6.91. The van der Waals surface area contributed by atoms with Crippen LogP contribution in [0.1, 0.15) is 0 Å². The van der Waals surface area contributed by atoms with Crippen LogP contribution in [-0.4, -0.2) is 12.4 Å². The summed E-state index contributed by atoms with van der Waals surface area (Å²) in [5.41, 5.74) is 0.740. The average Bonchev–Trinajstić information content (AvgIpc) is 2.44. The maximum Gasteiger partial charge on any atom is 0.333 e. The molecule has 108 valence electrons. The number of benzene rings is 2. The first-order valence-electron chi connectivity index (χ1n) is 5.77. The van der Waals surface area contributed by atoms with Crippen LogP contribution in [-0.2, 0) is 4.79 Å². The predicted octanol–water partition coefficient (Wildman–Crippen LogP) is 4.84. The predicted molar refractivity (Wildman–Crippen MR) is 85.5 cm³/mol. The van der Waals surface area contributed by atoms with Gasteiger partial charge in [0.2, 0.25) is 6.41 Å². The summed E-state index contributed by atoms with van der Waals surface area (Å²) in [5, 5.41) is 3.71. The van der Waals surface area contributed by atoms with Crippen LogP contribution in [0.4, 0.5) is 16.2 Å². The van der Waals surface area contributed by atoms with Gasteiger partial charge in [0.15, 0.2) is 0 Å². The van der Waals surface area contributed by atoms with Crippen LogP contribution >= 0.6 is 34.8 Å². The maximum absolute atomic E-state index is 12.1. The third-order valence-corrected chi connectivity index (χ3v) is 3.38. The highest BCUT2D eigenvalue weighted by Gasteiger charge is 2.18. The molecule has 0 atom stereocenters. The van der Waals surface area contributed by atoms with E-state index in [1.807, 2.05) is 0 Å². The molecule has 3 amide bonds. The van der Waals surface area contributed by atoms with E-state index in [2.05, 4.69) is 5.32 Å². The van der Waals surface area contributed by atoms with Crippen LogP contribution in [0.25, 0.3) is 0 Å². The lowest BCUT2D eigenvalue weighted by Gasteiger charge is -2.17. The number of carbonyl (C=O) groups is 2. The summed E-state index contributed by atoms with van der Waals surface area (Å²) in [4.78, 5) is 24.2. The molecule has 1 N–H and O–H groups in total. The Labute approximate surface area is 136 Å². The molecule has 0 heterocycles. The molecule has 0 radical (unpaired) electrons. The smallest absolute Gasteiger partial charge is 0.307 e. The highest BCUT2D eigenvalue weighted by molar-refractivity contribution is 6.37. The molecule has 0 bridgehead atoms. The Kier molecular flexibility index (Phi) is 5.07. The zero-order chi connectivity index (χ0) is 15.4. The molecule has 2 aromatic carbocycles. The van der Waals surface area contributed by atoms with Crippen molar-refractivity contribution in [1.29, 1.82) is 0 Å². The van der Waals surface area contributed by atoms with Crippen molar-refractivity contribution in [2.45, 2.75) is 0 Å². The zero-order valence-corrected chi connectivity index (χ0v) is 12.8. The number of anilines is 2. The summed E-state index contributed by atoms with van der Waals surface area (Å²) in [6.45, 7) is 0. The Balaban J connectivity index is 2.22. The van der Waals surface area contributed by atoms with Gasteiger partial charge < -0.3 is 5.32 Å². The Hall–Kier alpha value is -1.75. The van der Waals surface area contributed by atoms with Crippen molar-refractivity contribution in [1.82, 2.24) is 0 Å². The second kappa shape index (κ2) is 6.80. The number of nitrogens with one attached hydrogen (secondary N) is 1. The molecule has 0 unspecified atom stereocenters. The molecule has 0 fully saturated rings. The van der Waals surface area contributed by atoms with Gasteiger partial charge in [-0.1, -0.05) is 34.8 Å². The number of halogens is 3. The molecule has 2 aromatic rings. The molecule has 0 spiro atoms. The number of urea groups is 1. The molecule has 0 aliphatic carbocycles. The first-order chi connectivity index (χ1) is 10.0. The summed E-state index contributed by atoms with van der Waals surface area (Å²) in [7, 11) is 0. The average molecular weight is 344 g/mol. The number of hydrogen-bond donors (Lipinski definition) is 1. The number of rotatable bonds is 3. The van der Waals surface area contributed by atoms with E-state index in [4.69, 9.17) is 34.8 Å². The van der Waals surface area contributed by atoms with Crippen LogP contribution in [0.3, 0.4) is 0 Å². The largest absolute Gasteiger partial charge is 0.333 e. The van der Waals surface area contributed by atoms with Crippen molar-refractivity contribution in [3.8, 4) is 0 Å². The van der Waals surface area contributed by atoms with Crippen LogP contribution in [0, 0.1) is 0 Å². The lowest BCUT2D eigenvalue weighted by Crippen LogP contribution is -2.33. The van der Waals surface area contributed by atoms with E-state index in [1.165, 1.54) is 18.2 Å². The summed E-state index contributed by atoms with van der Waals surface area (Å²) < 4.78 is 0. The number of imide groups is 1. The topological polar surface area (TPSA) is 49.4 Å². The fourth-order valence-corrected chi connectivity index (χ4v) is 2.23. The Morgan fingerprint density at radius 2 is 1.62 bits per heavy atom. The minimum atomic E-state index is -0.642. The quantitative estimate of drug-likeness (QED) is 0.811. The van der Waals surface area contributed by atoms with Crippen LogP contribution in [0.15, 0.2) is 42.5 Å². The van der Waals surface area contributed by atoms with Crippen molar-refractivity contribution in [3.05, 3.63) is 57.5 Å². The molecule has 7 heteroatoms. The van der Waals surface area contributed by atoms with E-state index in [1.54, 1.807) is 24.3 Å². The van der Waals surface area contributed by atoms with E-state index >= 15 is 0 Å². The van der Waals surface area contributed by atoms with E-state index in [9.17, 15) is 9.59 Å². The molecule has 0 aliphatic rings. The standard InChI is InChI=1S/C14H9Cl3N2O2/c15-9-1-4-11(5-2-9)18-14(21)19(8-20)13-6-3-10(16)7-12(13)17/h1-8H,(H,18,21). The number of amides is 3. The molecule has 21 heavy (non-hydrogen) atoms. The van der Waals surface area contributed by atoms with Crippen molar-refractivity contribution in [2.75, 3.05) is 10.2 Å². The molecule has 0 aromatic heterocycles. The number of hydrogen-bond acceptors (Lipinski definition) is 2. The minimum absolute atomic E-state index is 0.195. The minimum Gasteiger partial charge on any atom is -0.307 e. The van der Waals surface area contributed by atoms with Gasteiger partial charge in [0, 0.05) is 15.7 Å². The van der Waals surface area contributed by atoms with E-state index < -0.39 is 6.03 Å². The van der Waals surface area contributed by atoms with Gasteiger partial charge >= 0.3 is 6.03 Å². The third kappa shape index (κ3) is 3.88. The number of carbonyl (C=O) groups excluding carboxylic acids is 2. The van der Waals surface area contributed by atoms with Crippen molar-refractivity contribution in [2.24, 2.45) is 0 Å². The first kappa shape index (κ1) is 15.6. The number of nitrogens with zero attached hydrogens (tertiary/aromatic N) is 1. The lowest BCUT2D eigenvalue weighted by atomic mass is 10.3. The highest BCUT2D eigenvalue weighted by atomic mass is 35.5. The zero-order valence-electron chi connectivity index (χ0n) is 10.5. The van der Waals surface area contributed by atoms with Crippen LogP contribution in [0.2, 0.25) is 15.1 Å². The lowest BCUT2D eigenvalue weighted by molar-refractivity contribution is -0.106. The monoisotopic (exact) mass is 342 g/mol. The Morgan fingerprint density at radius 1 is 1.00 bits per heavy atom. The van der Waals surface area contributed by atoms with Gasteiger partial charge in [0.25, 0.3) is 0 Å². The molecule has 0 saturated heterocycles. The third-order valence-electron chi connectivity index (χ3n) is 2.59. The maximum atomic E-state index is 12.1. The van der Waals surface area contributed by atoms with Gasteiger partial charge in [0.1, 0.15) is 0 Å². The van der Waals surface area contributed by atoms with E-state index in [-0.39, 0.29) is 10.7 Å². The van der Waals surface area contributed by atoms with Gasteiger partial charge in [-0.25, -0.2) is 9.69 Å². The summed E-state index contributed by atoms with van der Waals surface area (Å²) >= 11 is 17.5. The molecule has 4 nitrogen and oxygen atoms in total. The van der Waals surface area contributed by atoms with Gasteiger partial charge in [-0.3, -0.25) is 4.79 Å². The second-order valence-corrected chi connectivity index (χ2v) is 5.29. The summed E-state index contributed by atoms with van der Waals surface area (Å²) in [6, 6.07) is 10.3. The van der Waals surface area contributed by atoms with E-state index in [0.717, 1.165) is 4.90 Å². The fourth-order valence-electron chi connectivity index (χ4n) is 1.61. The van der Waals surface area contributed by atoms with Crippen molar-refractivity contribution >= 4 is 58.6 Å². The van der Waals surface area contributed by atoms with Crippen LogP contribution < -0.4 is 10.2 Å². The van der Waals surface area contributed by atoms with Gasteiger partial charge in [0.05, 0.1) is 10.7 Å². The van der Waals surface area contributed by atoms with E-state index in [0.29, 0.717) is 22.1 Å². The molecular weight excluding hydrogens is 335 g/mol. The second-order valence-electron chi connectivity index (χ2n) is 4.01. The van der Waals surface area contributed by atoms with Crippen LogP contribution in [0.5, 0.6) is 0 Å².